The molecule has 6 heteroatoms. The molecule has 0 atom stereocenters. The standard InChI is InChI=1S/C9H16F3NO2/c1-13(7-15-6-9(10,11)12)8-2-4-14-5-3-8/h8H,2-7H2,1H3. The maximum Gasteiger partial charge on any atom is 0.411 e. The fourth-order valence-corrected chi connectivity index (χ4v) is 1.54. The third kappa shape index (κ3) is 5.34. The average Bonchev–Trinajstić information content (AvgIpc) is 2.17. The predicted molar refractivity (Wildman–Crippen MR) is 48.5 cm³/mol. The van der Waals surface area contributed by atoms with Gasteiger partial charge in [0.2, 0.25) is 0 Å². The van der Waals surface area contributed by atoms with Gasteiger partial charge < -0.3 is 9.47 Å². The normalized spacial score (nSPS) is 19.8. The summed E-state index contributed by atoms with van der Waals surface area (Å²) >= 11 is 0. The van der Waals surface area contributed by atoms with Crippen molar-refractivity contribution in [1.82, 2.24) is 4.90 Å². The summed E-state index contributed by atoms with van der Waals surface area (Å²) in [4.78, 5) is 1.80. The summed E-state index contributed by atoms with van der Waals surface area (Å²) in [7, 11) is 1.77. The van der Waals surface area contributed by atoms with Crippen molar-refractivity contribution in [3.63, 3.8) is 0 Å². The molecule has 0 aliphatic carbocycles. The smallest absolute Gasteiger partial charge is 0.381 e. The van der Waals surface area contributed by atoms with Crippen molar-refractivity contribution in [2.24, 2.45) is 0 Å². The largest absolute Gasteiger partial charge is 0.411 e. The maximum atomic E-state index is 11.8. The molecular formula is C9H16F3NO2. The van der Waals surface area contributed by atoms with Crippen molar-refractivity contribution in [3.05, 3.63) is 0 Å². The Labute approximate surface area is 87.1 Å². The van der Waals surface area contributed by atoms with E-state index in [1.807, 2.05) is 0 Å². The summed E-state index contributed by atoms with van der Waals surface area (Å²) in [5, 5.41) is 0. The fourth-order valence-electron chi connectivity index (χ4n) is 1.54. The minimum Gasteiger partial charge on any atom is -0.381 e. The molecule has 3 nitrogen and oxygen atoms in total. The van der Waals surface area contributed by atoms with Crippen LogP contribution in [0, 0.1) is 0 Å². The predicted octanol–water partition coefficient (Wildman–Crippen LogP) is 1.63. The first kappa shape index (κ1) is 12.7. The Balaban J connectivity index is 2.14. The molecule has 1 saturated heterocycles. The van der Waals surface area contributed by atoms with Crippen LogP contribution in [0.4, 0.5) is 13.2 Å². The lowest BCUT2D eigenvalue weighted by Crippen LogP contribution is -2.38. The molecule has 0 amide bonds. The number of rotatable bonds is 4. The molecule has 1 rings (SSSR count). The summed E-state index contributed by atoms with van der Waals surface area (Å²) in [5.74, 6) is 0. The molecule has 90 valence electrons. The topological polar surface area (TPSA) is 21.7 Å². The van der Waals surface area contributed by atoms with Gasteiger partial charge in [-0.3, -0.25) is 4.90 Å². The van der Waals surface area contributed by atoms with Crippen molar-refractivity contribution in [3.8, 4) is 0 Å². The molecule has 1 aliphatic heterocycles. The fraction of sp³-hybridized carbons (Fsp3) is 1.00. The minimum atomic E-state index is -4.24. The van der Waals surface area contributed by atoms with Crippen molar-refractivity contribution in [2.75, 3.05) is 33.6 Å². The van der Waals surface area contributed by atoms with Crippen LogP contribution in [-0.2, 0) is 9.47 Å². The van der Waals surface area contributed by atoms with E-state index in [-0.39, 0.29) is 12.8 Å². The Morgan fingerprint density at radius 1 is 1.33 bits per heavy atom. The molecule has 0 spiro atoms. The summed E-state index contributed by atoms with van der Waals surface area (Å²) in [5.41, 5.74) is 0. The van der Waals surface area contributed by atoms with Crippen molar-refractivity contribution in [2.45, 2.75) is 25.1 Å². The molecule has 0 bridgehead atoms. The van der Waals surface area contributed by atoms with E-state index in [0.717, 1.165) is 12.8 Å². The van der Waals surface area contributed by atoms with E-state index < -0.39 is 12.8 Å². The molecule has 1 aliphatic rings. The second kappa shape index (κ2) is 5.67. The summed E-state index contributed by atoms with van der Waals surface area (Å²) < 4.78 is 45.1. The van der Waals surface area contributed by atoms with Crippen LogP contribution in [-0.4, -0.2) is 50.7 Å². The number of nitrogens with zero attached hydrogens (tertiary/aromatic N) is 1. The molecule has 0 aromatic rings. The van der Waals surface area contributed by atoms with E-state index >= 15 is 0 Å². The van der Waals surface area contributed by atoms with Crippen LogP contribution in [0.5, 0.6) is 0 Å². The lowest BCUT2D eigenvalue weighted by atomic mass is 10.1. The van der Waals surface area contributed by atoms with Crippen LogP contribution in [0.3, 0.4) is 0 Å². The summed E-state index contributed by atoms with van der Waals surface area (Å²) in [6, 6.07) is 0.270. The van der Waals surface area contributed by atoms with Gasteiger partial charge in [-0.25, -0.2) is 0 Å². The third-order valence-electron chi connectivity index (χ3n) is 2.37. The summed E-state index contributed by atoms with van der Waals surface area (Å²) in [6.45, 7) is 0.188. The Morgan fingerprint density at radius 2 is 1.93 bits per heavy atom. The number of alkyl halides is 3. The number of hydrogen-bond acceptors (Lipinski definition) is 3. The van der Waals surface area contributed by atoms with Gasteiger partial charge in [-0.15, -0.1) is 0 Å². The maximum absolute atomic E-state index is 11.8. The highest BCUT2D eigenvalue weighted by Crippen LogP contribution is 2.16. The van der Waals surface area contributed by atoms with E-state index in [1.54, 1.807) is 11.9 Å². The van der Waals surface area contributed by atoms with Crippen molar-refractivity contribution < 1.29 is 22.6 Å². The molecule has 0 aromatic carbocycles. The van der Waals surface area contributed by atoms with E-state index in [2.05, 4.69) is 4.74 Å². The van der Waals surface area contributed by atoms with E-state index in [1.165, 1.54) is 0 Å². The van der Waals surface area contributed by atoms with Crippen LogP contribution in [0.1, 0.15) is 12.8 Å². The van der Waals surface area contributed by atoms with Crippen LogP contribution >= 0.6 is 0 Å². The van der Waals surface area contributed by atoms with Crippen LogP contribution < -0.4 is 0 Å². The van der Waals surface area contributed by atoms with Gasteiger partial charge in [-0.2, -0.15) is 13.2 Å². The van der Waals surface area contributed by atoms with E-state index in [0.29, 0.717) is 13.2 Å². The van der Waals surface area contributed by atoms with Crippen molar-refractivity contribution >= 4 is 0 Å². The quantitative estimate of drug-likeness (QED) is 0.681. The number of halogens is 3. The van der Waals surface area contributed by atoms with Gasteiger partial charge in [0.05, 0.1) is 6.73 Å². The molecule has 1 fully saturated rings. The number of hydrogen-bond donors (Lipinski definition) is 0. The Kier molecular flexibility index (Phi) is 4.82. The molecule has 1 heterocycles. The lowest BCUT2D eigenvalue weighted by molar-refractivity contribution is -0.185. The van der Waals surface area contributed by atoms with Gasteiger partial charge in [0.1, 0.15) is 6.61 Å². The van der Waals surface area contributed by atoms with Gasteiger partial charge in [-0.1, -0.05) is 0 Å². The molecule has 0 N–H and O–H groups in total. The van der Waals surface area contributed by atoms with Gasteiger partial charge in [0.15, 0.2) is 0 Å². The molecular weight excluding hydrogens is 211 g/mol. The zero-order valence-corrected chi connectivity index (χ0v) is 8.72. The first-order valence-electron chi connectivity index (χ1n) is 4.91. The van der Waals surface area contributed by atoms with E-state index in [9.17, 15) is 13.2 Å². The SMILES string of the molecule is CN(COCC(F)(F)F)C1CCOCC1. The minimum absolute atomic E-state index is 0.0180. The molecule has 0 aromatic heterocycles. The van der Waals surface area contributed by atoms with Gasteiger partial charge in [0, 0.05) is 19.3 Å². The molecule has 0 radical (unpaired) electrons. The third-order valence-corrected chi connectivity index (χ3v) is 2.37. The highest BCUT2D eigenvalue weighted by atomic mass is 19.4. The Morgan fingerprint density at radius 3 is 2.47 bits per heavy atom. The average molecular weight is 227 g/mol. The second-order valence-corrected chi connectivity index (χ2v) is 3.69. The second-order valence-electron chi connectivity index (χ2n) is 3.69. The van der Waals surface area contributed by atoms with Crippen LogP contribution in [0.2, 0.25) is 0 Å². The van der Waals surface area contributed by atoms with E-state index in [4.69, 9.17) is 4.74 Å². The van der Waals surface area contributed by atoms with Crippen molar-refractivity contribution in [1.29, 1.82) is 0 Å². The number of ether oxygens (including phenoxy) is 2. The lowest BCUT2D eigenvalue weighted by Gasteiger charge is -2.30. The first-order valence-corrected chi connectivity index (χ1v) is 4.91. The monoisotopic (exact) mass is 227 g/mol. The Bertz CT molecular complexity index is 181. The van der Waals surface area contributed by atoms with Gasteiger partial charge in [-0.05, 0) is 19.9 Å². The molecule has 15 heavy (non-hydrogen) atoms. The summed E-state index contributed by atoms with van der Waals surface area (Å²) in [6.07, 6.45) is -2.53. The molecule has 0 saturated carbocycles. The van der Waals surface area contributed by atoms with Crippen LogP contribution in [0.15, 0.2) is 0 Å². The first-order chi connectivity index (χ1) is 6.99. The van der Waals surface area contributed by atoms with Gasteiger partial charge >= 0.3 is 6.18 Å². The Hall–Kier alpha value is -0.330. The zero-order valence-electron chi connectivity index (χ0n) is 8.72. The molecule has 0 unspecified atom stereocenters. The highest BCUT2D eigenvalue weighted by molar-refractivity contribution is 4.70. The van der Waals surface area contributed by atoms with Gasteiger partial charge in [0.25, 0.3) is 0 Å². The highest BCUT2D eigenvalue weighted by Gasteiger charge is 2.28. The van der Waals surface area contributed by atoms with Crippen LogP contribution in [0.25, 0.3) is 0 Å². The zero-order chi connectivity index (χ0) is 11.3.